The molecule has 0 unspecified atom stereocenters. The van der Waals surface area contributed by atoms with Crippen LogP contribution in [-0.2, 0) is 54.5 Å². The quantitative estimate of drug-likeness (QED) is 0.0440. The number of carboxylic acids is 2. The predicted octanol–water partition coefficient (Wildman–Crippen LogP) is 11.0. The number of carbonyl (C=O) groups excluding carboxylic acids is 2. The maximum Gasteiger partial charge on any atom is 0.339 e. The Labute approximate surface area is 566 Å². The number of fused-ring (bicyclic) bond motifs is 6. The summed E-state index contributed by atoms with van der Waals surface area (Å²) in [6.45, 7) is 6.94. The lowest BCUT2D eigenvalue weighted by Gasteiger charge is -2.34. The molecule has 2 heterocycles. The largest absolute Gasteiger partial charge is 0.507 e. The summed E-state index contributed by atoms with van der Waals surface area (Å²) in [6.07, 6.45) is 6.49. The maximum absolute atomic E-state index is 12.9. The molecule has 2 atom stereocenters. The van der Waals surface area contributed by atoms with Gasteiger partial charge < -0.3 is 77.9 Å². The van der Waals surface area contributed by atoms with Crippen LogP contribution in [0.1, 0.15) is 101 Å². The molecule has 4 aliphatic rings. The van der Waals surface area contributed by atoms with Gasteiger partial charge in [0, 0.05) is 68.7 Å². The van der Waals surface area contributed by atoms with Crippen molar-refractivity contribution < 1.29 is 77.5 Å². The fourth-order valence-electron chi connectivity index (χ4n) is 14.0. The van der Waals surface area contributed by atoms with Crippen molar-refractivity contribution in [1.29, 1.82) is 0 Å². The van der Waals surface area contributed by atoms with Crippen molar-refractivity contribution in [3.8, 4) is 57.5 Å². The Bertz CT molecular complexity index is 3960. The zero-order chi connectivity index (χ0) is 69.2. The lowest BCUT2D eigenvalue weighted by Crippen LogP contribution is -2.36. The molecule has 12 rings (SSSR count). The van der Waals surface area contributed by atoms with E-state index in [2.05, 4.69) is 48.2 Å². The van der Waals surface area contributed by atoms with E-state index in [1.165, 1.54) is 45.5 Å². The average Bonchev–Trinajstić information content (AvgIpc) is 1.60. The lowest BCUT2D eigenvalue weighted by atomic mass is 9.77. The van der Waals surface area contributed by atoms with E-state index in [1.807, 2.05) is 34.1 Å². The monoisotopic (exact) mass is 1320 g/mol. The number of benzene rings is 8. The van der Waals surface area contributed by atoms with Crippen LogP contribution >= 0.6 is 0 Å². The maximum atomic E-state index is 12.9. The number of aromatic hydroxyl groups is 2. The highest BCUT2D eigenvalue weighted by atomic mass is 16.5. The standard InChI is InChI=1S/2C27H36N2O5.C23H16O6/c2*1-28(17-21-11-20-14-25(33-4)26(34-5)16-22(20)21)8-6-9-29-10-7-18-12-23(31-2)24(32-3)13-19(18)15-27(29)30;24-20-16(14-7-3-1-5-12(14)9-18(20)22(26)27)11-17-15-8-4-2-6-13(15)10-19(21(17)25)23(28)29/h2*12-14,16,21H,6-11,15,17H2,1-5H3;1-10,24-25H,11H2,(H,26,27)(H,28,29)/t2*21-;/m11./s1. The first-order chi connectivity index (χ1) is 46.8. The summed E-state index contributed by atoms with van der Waals surface area (Å²) >= 11 is 0. The van der Waals surface area contributed by atoms with E-state index in [1.54, 1.807) is 105 Å². The first-order valence-electron chi connectivity index (χ1n) is 32.7. The highest BCUT2D eigenvalue weighted by Gasteiger charge is 2.32. The molecule has 0 fully saturated rings. The van der Waals surface area contributed by atoms with Crippen molar-refractivity contribution >= 4 is 45.3 Å². The van der Waals surface area contributed by atoms with E-state index in [9.17, 15) is 39.6 Å². The SMILES string of the molecule is COc1cc2c(cc1OC)CC(=O)N(CCCN(C)C[C@H]1Cc3cc(OC)c(OC)cc31)CC2.COc1cc2c(cc1OC)CC(=O)N(CCCN(C)C[C@H]1Cc3cc(OC)c(OC)cc31)CC2.O=C(O)c1cc2ccccc2c(Cc2c(O)c(C(=O)O)cc3ccccc23)c1O. The second-order valence-electron chi connectivity index (χ2n) is 25.1. The molecule has 2 aliphatic carbocycles. The summed E-state index contributed by atoms with van der Waals surface area (Å²) in [5, 5.41) is 42.8. The van der Waals surface area contributed by atoms with Crippen LogP contribution in [0.25, 0.3) is 21.5 Å². The molecule has 0 bridgehead atoms. The fraction of sp³-hybridized carbons (Fsp3) is 0.377. The van der Waals surface area contributed by atoms with Crippen molar-refractivity contribution in [2.45, 2.75) is 69.6 Å². The average molecular weight is 1330 g/mol. The van der Waals surface area contributed by atoms with Crippen molar-refractivity contribution in [1.82, 2.24) is 19.6 Å². The van der Waals surface area contributed by atoms with Crippen LogP contribution in [0.15, 0.2) is 109 Å². The van der Waals surface area contributed by atoms with Crippen LogP contribution in [-0.4, -0.2) is 187 Å². The topological polar surface area (TPSA) is 236 Å². The number of aromatic carboxylic acids is 2. The van der Waals surface area contributed by atoms with Gasteiger partial charge in [-0.25, -0.2) is 9.59 Å². The van der Waals surface area contributed by atoms with Crippen molar-refractivity contribution in [2.24, 2.45) is 0 Å². The number of methoxy groups -OCH3 is 8. The number of likely N-dealkylation sites (N-methyl/N-ethyl adjacent to an activating group) is 2. The van der Waals surface area contributed by atoms with E-state index >= 15 is 0 Å². The highest BCUT2D eigenvalue weighted by Crippen LogP contribution is 2.45. The van der Waals surface area contributed by atoms with Crippen LogP contribution in [0, 0.1) is 0 Å². The number of carboxylic acid groups (broad SMARTS) is 2. The molecule has 4 N–H and O–H groups in total. The number of phenols is 2. The van der Waals surface area contributed by atoms with Gasteiger partial charge in [0.25, 0.3) is 0 Å². The van der Waals surface area contributed by atoms with E-state index in [0.29, 0.717) is 68.8 Å². The summed E-state index contributed by atoms with van der Waals surface area (Å²) in [6, 6.07) is 33.1. The molecule has 0 radical (unpaired) electrons. The second kappa shape index (κ2) is 31.3. The minimum atomic E-state index is -1.28. The molecule has 0 saturated carbocycles. The Hall–Kier alpha value is -9.92. The fourth-order valence-corrected chi connectivity index (χ4v) is 14.0. The number of hydrogen-bond acceptors (Lipinski definition) is 16. The van der Waals surface area contributed by atoms with E-state index in [-0.39, 0.29) is 29.4 Å². The number of nitrogens with zero attached hydrogens (tertiary/aromatic N) is 4. The Balaban J connectivity index is 0.000000159. The van der Waals surface area contributed by atoms with Crippen LogP contribution in [0.2, 0.25) is 0 Å². The van der Waals surface area contributed by atoms with Gasteiger partial charge in [-0.1, -0.05) is 48.5 Å². The molecule has 8 aromatic carbocycles. The molecule has 0 aromatic heterocycles. The minimum absolute atomic E-state index is 0.0407. The molecule has 2 aliphatic heterocycles. The zero-order valence-electron chi connectivity index (χ0n) is 57.0. The lowest BCUT2D eigenvalue weighted by molar-refractivity contribution is -0.131. The molecule has 0 spiro atoms. The van der Waals surface area contributed by atoms with Gasteiger partial charge in [-0.3, -0.25) is 9.59 Å². The molecule has 2 amide bonds. The van der Waals surface area contributed by atoms with Gasteiger partial charge in [0.1, 0.15) is 22.6 Å². The Morgan fingerprint density at radius 2 is 0.773 bits per heavy atom. The normalized spacial score (nSPS) is 15.2. The number of carbonyl (C=O) groups is 4. The third-order valence-corrected chi connectivity index (χ3v) is 19.3. The van der Waals surface area contributed by atoms with Crippen molar-refractivity contribution in [3.63, 3.8) is 0 Å². The number of hydrogen-bond donors (Lipinski definition) is 4. The van der Waals surface area contributed by atoms with Gasteiger partial charge in [0.05, 0.1) is 69.7 Å². The first-order valence-corrected chi connectivity index (χ1v) is 32.7. The highest BCUT2D eigenvalue weighted by molar-refractivity contribution is 6.02. The smallest absolute Gasteiger partial charge is 0.339 e. The van der Waals surface area contributed by atoms with E-state index in [4.69, 9.17) is 37.9 Å². The van der Waals surface area contributed by atoms with Crippen LogP contribution in [0.5, 0.6) is 57.5 Å². The Morgan fingerprint density at radius 3 is 1.11 bits per heavy atom. The summed E-state index contributed by atoms with van der Waals surface area (Å²) in [4.78, 5) is 57.8. The summed E-state index contributed by atoms with van der Waals surface area (Å²) in [7, 11) is 17.6. The minimum Gasteiger partial charge on any atom is -0.507 e. The van der Waals surface area contributed by atoms with Gasteiger partial charge in [-0.15, -0.1) is 0 Å². The first kappa shape index (κ1) is 69.9. The number of rotatable bonds is 24. The third kappa shape index (κ3) is 15.5. The number of ether oxygens (including phenoxy) is 8. The molecular formula is C77H88N4O16. The van der Waals surface area contributed by atoms with E-state index in [0.717, 1.165) is 137 Å². The molecule has 20 nitrogen and oxygen atoms in total. The zero-order valence-corrected chi connectivity index (χ0v) is 57.0. The predicted molar refractivity (Wildman–Crippen MR) is 371 cm³/mol. The molecule has 97 heavy (non-hydrogen) atoms. The van der Waals surface area contributed by atoms with Gasteiger partial charge in [0.15, 0.2) is 46.0 Å². The van der Waals surface area contributed by atoms with E-state index < -0.39 is 23.4 Å². The van der Waals surface area contributed by atoms with Gasteiger partial charge in [0.2, 0.25) is 11.8 Å². The van der Waals surface area contributed by atoms with Gasteiger partial charge in [-0.05, 0) is 192 Å². The third-order valence-electron chi connectivity index (χ3n) is 19.3. The van der Waals surface area contributed by atoms with Crippen LogP contribution in [0.4, 0.5) is 0 Å². The van der Waals surface area contributed by atoms with Gasteiger partial charge in [-0.2, -0.15) is 0 Å². The molecule has 8 aromatic rings. The molecule has 0 saturated heterocycles. The summed E-state index contributed by atoms with van der Waals surface area (Å²) < 4.78 is 43.5. The van der Waals surface area contributed by atoms with Crippen molar-refractivity contribution in [2.75, 3.05) is 123 Å². The van der Waals surface area contributed by atoms with Crippen LogP contribution in [0.3, 0.4) is 0 Å². The number of amides is 2. The summed E-state index contributed by atoms with van der Waals surface area (Å²) in [5.41, 5.74) is 9.93. The molecule has 512 valence electrons. The summed E-state index contributed by atoms with van der Waals surface area (Å²) in [5.74, 6) is 4.03. The Kier molecular flexibility index (Phi) is 22.6. The molecular weight excluding hydrogens is 1240 g/mol. The van der Waals surface area contributed by atoms with Crippen molar-refractivity contribution in [3.05, 3.63) is 176 Å². The van der Waals surface area contributed by atoms with Gasteiger partial charge >= 0.3 is 11.9 Å². The molecule has 20 heteroatoms. The Morgan fingerprint density at radius 1 is 0.454 bits per heavy atom. The second-order valence-corrected chi connectivity index (χ2v) is 25.1. The van der Waals surface area contributed by atoms with Crippen LogP contribution < -0.4 is 37.9 Å².